The Morgan fingerprint density at radius 1 is 0.341 bits per heavy atom. The van der Waals surface area contributed by atoms with Gasteiger partial charge in [0.05, 0.1) is 16.6 Å². The number of benzene rings is 7. The van der Waals surface area contributed by atoms with Crippen molar-refractivity contribution in [3.05, 3.63) is 152 Å². The van der Waals surface area contributed by atoms with Crippen LogP contribution in [0.4, 0.5) is 0 Å². The van der Waals surface area contributed by atoms with Crippen molar-refractivity contribution in [2.45, 2.75) is 0 Å². The predicted octanol–water partition coefficient (Wildman–Crippen LogP) is 12.3. The van der Waals surface area contributed by atoms with Gasteiger partial charge in [0.2, 0.25) is 0 Å². The van der Waals surface area contributed by atoms with Crippen molar-refractivity contribution >= 4 is 80.4 Å². The van der Waals surface area contributed by atoms with Gasteiger partial charge < -0.3 is 4.40 Å². The maximum Gasteiger partial charge on any atom is 0.0634 e. The molecule has 3 aromatic heterocycles. The highest BCUT2D eigenvalue weighted by molar-refractivity contribution is 7.26. The second kappa shape index (κ2) is 9.03. The van der Waals surface area contributed by atoms with Crippen LogP contribution in [0.5, 0.6) is 0 Å². The molecule has 0 aliphatic carbocycles. The van der Waals surface area contributed by atoms with Crippen molar-refractivity contribution in [1.29, 1.82) is 0 Å². The Hall–Kier alpha value is -5.44. The molecule has 0 bridgehead atoms. The molecule has 0 aliphatic heterocycles. The minimum absolute atomic E-state index is 1.22. The van der Waals surface area contributed by atoms with Crippen molar-refractivity contribution < 1.29 is 0 Å². The maximum absolute atomic E-state index is 2.54. The molecule has 0 atom stereocenters. The summed E-state index contributed by atoms with van der Waals surface area (Å²) >= 11 is 1.90. The van der Waals surface area contributed by atoms with Gasteiger partial charge in [0.25, 0.3) is 0 Å². The highest BCUT2D eigenvalue weighted by atomic mass is 32.1. The molecular formula is C42H25NS. The van der Waals surface area contributed by atoms with Crippen molar-refractivity contribution in [2.75, 3.05) is 0 Å². The molecule has 0 amide bonds. The number of hydrogen-bond donors (Lipinski definition) is 0. The fourth-order valence-electron chi connectivity index (χ4n) is 7.40. The van der Waals surface area contributed by atoms with Crippen LogP contribution in [-0.4, -0.2) is 4.40 Å². The lowest BCUT2D eigenvalue weighted by molar-refractivity contribution is 1.36. The predicted molar refractivity (Wildman–Crippen MR) is 191 cm³/mol. The van der Waals surface area contributed by atoms with Crippen molar-refractivity contribution in [3.63, 3.8) is 0 Å². The molecular weight excluding hydrogens is 551 g/mol. The summed E-state index contributed by atoms with van der Waals surface area (Å²) in [4.78, 5) is 0. The van der Waals surface area contributed by atoms with Crippen LogP contribution in [0.2, 0.25) is 0 Å². The highest BCUT2D eigenvalue weighted by Crippen LogP contribution is 2.46. The van der Waals surface area contributed by atoms with E-state index in [0.717, 1.165) is 0 Å². The van der Waals surface area contributed by atoms with E-state index in [1.165, 1.54) is 91.3 Å². The Balaban J connectivity index is 1.37. The van der Waals surface area contributed by atoms with Gasteiger partial charge in [-0.05, 0) is 68.7 Å². The van der Waals surface area contributed by atoms with E-state index in [2.05, 4.69) is 156 Å². The van der Waals surface area contributed by atoms with Crippen LogP contribution in [-0.2, 0) is 0 Å². The van der Waals surface area contributed by atoms with Gasteiger partial charge in [-0.3, -0.25) is 0 Å². The fourth-order valence-corrected chi connectivity index (χ4v) is 8.53. The summed E-state index contributed by atoms with van der Waals surface area (Å²) in [5.74, 6) is 0. The molecule has 0 spiro atoms. The smallest absolute Gasteiger partial charge is 0.0634 e. The van der Waals surface area contributed by atoms with Gasteiger partial charge in [-0.2, -0.15) is 0 Å². The average Bonchev–Trinajstić information content (AvgIpc) is 3.65. The van der Waals surface area contributed by atoms with E-state index in [1.807, 2.05) is 11.3 Å². The molecule has 0 N–H and O–H groups in total. The zero-order valence-electron chi connectivity index (χ0n) is 23.8. The number of aromatic nitrogens is 1. The second-order valence-corrected chi connectivity index (χ2v) is 12.8. The minimum atomic E-state index is 1.22. The summed E-state index contributed by atoms with van der Waals surface area (Å²) in [5, 5.41) is 10.4. The number of fused-ring (bicyclic) bond motifs is 8. The number of rotatable bonds is 2. The third kappa shape index (κ3) is 3.29. The monoisotopic (exact) mass is 575 g/mol. The van der Waals surface area contributed by atoms with Crippen LogP contribution in [0.1, 0.15) is 0 Å². The third-order valence-corrected chi connectivity index (χ3v) is 10.5. The molecule has 2 heteroatoms. The number of thiophene rings is 1. The molecule has 0 saturated heterocycles. The van der Waals surface area contributed by atoms with Crippen LogP contribution in [0.3, 0.4) is 0 Å². The lowest BCUT2D eigenvalue weighted by atomic mass is 9.98. The van der Waals surface area contributed by atoms with Crippen LogP contribution in [0.15, 0.2) is 152 Å². The molecule has 44 heavy (non-hydrogen) atoms. The van der Waals surface area contributed by atoms with Gasteiger partial charge in [0.15, 0.2) is 0 Å². The van der Waals surface area contributed by atoms with E-state index in [9.17, 15) is 0 Å². The lowest BCUT2D eigenvalue weighted by Crippen LogP contribution is -1.86. The Bertz CT molecular complexity index is 2730. The van der Waals surface area contributed by atoms with Crippen molar-refractivity contribution in [1.82, 2.24) is 4.40 Å². The Labute approximate surface area is 257 Å². The van der Waals surface area contributed by atoms with E-state index in [4.69, 9.17) is 0 Å². The van der Waals surface area contributed by atoms with Gasteiger partial charge in [-0.25, -0.2) is 0 Å². The highest BCUT2D eigenvalue weighted by Gasteiger charge is 2.19. The lowest BCUT2D eigenvalue weighted by Gasteiger charge is -2.07. The normalized spacial score (nSPS) is 12.1. The molecule has 3 heterocycles. The first-order chi connectivity index (χ1) is 21.8. The first kappa shape index (κ1) is 24.0. The molecule has 0 unspecified atom stereocenters. The topological polar surface area (TPSA) is 4.41 Å². The fraction of sp³-hybridized carbons (Fsp3) is 0. The number of hydrogen-bond acceptors (Lipinski definition) is 1. The van der Waals surface area contributed by atoms with E-state index < -0.39 is 0 Å². The van der Waals surface area contributed by atoms with Gasteiger partial charge in [-0.15, -0.1) is 11.3 Å². The van der Waals surface area contributed by atoms with Crippen LogP contribution in [0.25, 0.3) is 91.3 Å². The quantitative estimate of drug-likeness (QED) is 0.193. The van der Waals surface area contributed by atoms with E-state index in [0.29, 0.717) is 0 Å². The van der Waals surface area contributed by atoms with Gasteiger partial charge in [0, 0.05) is 36.3 Å². The number of nitrogens with zero attached hydrogens (tertiary/aromatic N) is 1. The maximum atomic E-state index is 2.54. The molecule has 0 aliphatic rings. The third-order valence-electron chi connectivity index (χ3n) is 9.36. The summed E-state index contributed by atoms with van der Waals surface area (Å²) in [6.07, 6.45) is 0. The first-order valence-corrected chi connectivity index (χ1v) is 15.9. The van der Waals surface area contributed by atoms with E-state index in [-0.39, 0.29) is 0 Å². The zero-order chi connectivity index (χ0) is 28.8. The van der Waals surface area contributed by atoms with Crippen LogP contribution < -0.4 is 0 Å². The standard InChI is InChI=1S/C42H25NS/c1-2-9-26(10-3-1)27-17-19-28(20-18-27)29-21-23-37-35(25-29)34-22-24-39-41-40-33(14-8-16-38(40)44-39)31-12-5-4-11-30(31)32-13-6-7-15-36(32)43(37)42(34)41/h1-25H. The minimum Gasteiger partial charge on any atom is -0.308 e. The average molecular weight is 576 g/mol. The molecule has 10 rings (SSSR count). The summed E-state index contributed by atoms with van der Waals surface area (Å²) in [7, 11) is 0. The van der Waals surface area contributed by atoms with Gasteiger partial charge in [0.1, 0.15) is 0 Å². The molecule has 10 aromatic rings. The summed E-state index contributed by atoms with van der Waals surface area (Å²) in [6.45, 7) is 0. The molecule has 1 nitrogen and oxygen atoms in total. The molecule has 0 fully saturated rings. The van der Waals surface area contributed by atoms with Crippen LogP contribution >= 0.6 is 11.3 Å². The summed E-state index contributed by atoms with van der Waals surface area (Å²) in [5.41, 5.74) is 8.70. The van der Waals surface area contributed by atoms with Gasteiger partial charge >= 0.3 is 0 Å². The largest absolute Gasteiger partial charge is 0.308 e. The second-order valence-electron chi connectivity index (χ2n) is 11.7. The molecule has 0 radical (unpaired) electrons. The Kier molecular flexibility index (Phi) is 4.94. The zero-order valence-corrected chi connectivity index (χ0v) is 24.6. The molecule has 7 aromatic carbocycles. The van der Waals surface area contributed by atoms with Crippen molar-refractivity contribution in [2.24, 2.45) is 0 Å². The van der Waals surface area contributed by atoms with E-state index >= 15 is 0 Å². The van der Waals surface area contributed by atoms with Gasteiger partial charge in [-0.1, -0.05) is 121 Å². The number of para-hydroxylation sites is 1. The summed E-state index contributed by atoms with van der Waals surface area (Å²) < 4.78 is 5.20. The van der Waals surface area contributed by atoms with Crippen LogP contribution in [0, 0.1) is 0 Å². The van der Waals surface area contributed by atoms with E-state index in [1.54, 1.807) is 0 Å². The SMILES string of the molecule is c1ccc(-c2ccc(-c3ccc4c(c3)c3ccc5sc6cccc7c8ccccc8c8ccccc8n4c3c5c67)cc2)cc1. The molecule has 204 valence electrons. The Morgan fingerprint density at radius 3 is 1.75 bits per heavy atom. The summed E-state index contributed by atoms with van der Waals surface area (Å²) in [6, 6.07) is 55.9. The van der Waals surface area contributed by atoms with Crippen molar-refractivity contribution in [3.8, 4) is 22.3 Å². The Morgan fingerprint density at radius 2 is 0.932 bits per heavy atom. The molecule has 0 saturated carbocycles. The first-order valence-electron chi connectivity index (χ1n) is 15.1.